The van der Waals surface area contributed by atoms with Crippen molar-refractivity contribution in [2.24, 2.45) is 5.92 Å². The van der Waals surface area contributed by atoms with Crippen molar-refractivity contribution in [3.05, 3.63) is 15.9 Å². The van der Waals surface area contributed by atoms with E-state index < -0.39 is 0 Å². The van der Waals surface area contributed by atoms with Gasteiger partial charge in [-0.25, -0.2) is 0 Å². The second-order valence-corrected chi connectivity index (χ2v) is 5.43. The zero-order valence-corrected chi connectivity index (χ0v) is 11.8. The highest BCUT2D eigenvalue weighted by molar-refractivity contribution is 9.10. The van der Waals surface area contributed by atoms with Crippen LogP contribution in [0.1, 0.15) is 37.2 Å². The van der Waals surface area contributed by atoms with Crippen LogP contribution in [0.4, 0.5) is 0 Å². The van der Waals surface area contributed by atoms with E-state index in [0.717, 1.165) is 24.7 Å². The van der Waals surface area contributed by atoms with Crippen LogP contribution in [0.15, 0.2) is 4.47 Å². The summed E-state index contributed by atoms with van der Waals surface area (Å²) in [7, 11) is 0. The van der Waals surface area contributed by atoms with Gasteiger partial charge in [0.05, 0.1) is 21.9 Å². The molecule has 3 nitrogen and oxygen atoms in total. The Morgan fingerprint density at radius 1 is 1.44 bits per heavy atom. The minimum atomic E-state index is 0.601. The molecule has 2 unspecified atom stereocenters. The number of aromatic nitrogens is 2. The fourth-order valence-corrected chi connectivity index (χ4v) is 2.67. The van der Waals surface area contributed by atoms with Crippen LogP contribution in [0.25, 0.3) is 0 Å². The first-order valence-electron chi connectivity index (χ1n) is 6.07. The lowest BCUT2D eigenvalue weighted by molar-refractivity contribution is 0.161. The number of rotatable bonds is 4. The van der Waals surface area contributed by atoms with Gasteiger partial charge < -0.3 is 5.32 Å². The average molecular weight is 286 g/mol. The summed E-state index contributed by atoms with van der Waals surface area (Å²) in [4.78, 5) is 0. The topological polar surface area (TPSA) is 29.9 Å². The Labute approximate surface area is 106 Å². The molecule has 1 fully saturated rings. The molecule has 1 aliphatic rings. The molecule has 0 saturated heterocycles. The predicted molar refractivity (Wildman–Crippen MR) is 69.7 cm³/mol. The third kappa shape index (κ3) is 2.05. The molecule has 16 heavy (non-hydrogen) atoms. The fraction of sp³-hybridized carbons (Fsp3) is 0.750. The lowest BCUT2D eigenvalue weighted by Gasteiger charge is -2.37. The maximum atomic E-state index is 4.63. The Morgan fingerprint density at radius 2 is 2.19 bits per heavy atom. The van der Waals surface area contributed by atoms with Crippen LogP contribution in [-0.2, 0) is 0 Å². The quantitative estimate of drug-likeness (QED) is 0.922. The molecule has 0 amide bonds. The number of nitrogens with zero attached hydrogens (tertiary/aromatic N) is 2. The van der Waals surface area contributed by atoms with Crippen molar-refractivity contribution in [3.63, 3.8) is 0 Å². The van der Waals surface area contributed by atoms with Gasteiger partial charge in [0.1, 0.15) is 0 Å². The summed E-state index contributed by atoms with van der Waals surface area (Å²) < 4.78 is 3.38. The van der Waals surface area contributed by atoms with E-state index >= 15 is 0 Å². The summed E-state index contributed by atoms with van der Waals surface area (Å²) in [5.41, 5.74) is 2.37. The lowest BCUT2D eigenvalue weighted by Crippen LogP contribution is -2.37. The fourth-order valence-electron chi connectivity index (χ4n) is 2.41. The molecule has 0 radical (unpaired) electrons. The molecule has 0 aliphatic heterocycles. The molecule has 1 aromatic rings. The normalized spacial score (nSPS) is 24.5. The Balaban J connectivity index is 2.09. The summed E-state index contributed by atoms with van der Waals surface area (Å²) in [6.07, 6.45) is 2.60. The van der Waals surface area contributed by atoms with E-state index in [1.54, 1.807) is 0 Å². The van der Waals surface area contributed by atoms with Crippen LogP contribution in [0.3, 0.4) is 0 Å². The summed E-state index contributed by atoms with van der Waals surface area (Å²) in [6, 6.07) is 0.601. The largest absolute Gasteiger partial charge is 0.317 e. The maximum absolute atomic E-state index is 4.63. The van der Waals surface area contributed by atoms with E-state index in [4.69, 9.17) is 0 Å². The number of nitrogens with one attached hydrogen (secondary N) is 1. The molecule has 0 bridgehead atoms. The predicted octanol–water partition coefficient (Wildman–Crippen LogP) is 2.82. The van der Waals surface area contributed by atoms with E-state index in [2.05, 4.69) is 51.8 Å². The third-order valence-corrected chi connectivity index (χ3v) is 4.73. The molecule has 4 heteroatoms. The highest BCUT2D eigenvalue weighted by Gasteiger charge is 2.33. The highest BCUT2D eigenvalue weighted by atomic mass is 79.9. The lowest BCUT2D eigenvalue weighted by atomic mass is 9.79. The second-order valence-electron chi connectivity index (χ2n) is 4.64. The Bertz CT molecular complexity index is 373. The van der Waals surface area contributed by atoms with Gasteiger partial charge in [-0.2, -0.15) is 5.10 Å². The first-order chi connectivity index (χ1) is 7.65. The Morgan fingerprint density at radius 3 is 2.62 bits per heavy atom. The molecule has 1 aromatic heterocycles. The van der Waals surface area contributed by atoms with Gasteiger partial charge in [-0.1, -0.05) is 6.92 Å². The van der Waals surface area contributed by atoms with Crippen molar-refractivity contribution in [2.45, 2.75) is 39.7 Å². The molecule has 1 aliphatic carbocycles. The number of aryl methyl sites for hydroxylation is 1. The van der Waals surface area contributed by atoms with Crippen molar-refractivity contribution >= 4 is 15.9 Å². The van der Waals surface area contributed by atoms with Gasteiger partial charge in [-0.3, -0.25) is 4.68 Å². The Hall–Kier alpha value is -0.350. The minimum absolute atomic E-state index is 0.601. The first-order valence-corrected chi connectivity index (χ1v) is 6.86. The molecule has 0 aromatic carbocycles. The maximum Gasteiger partial charge on any atom is 0.0738 e. The van der Waals surface area contributed by atoms with Crippen LogP contribution >= 0.6 is 15.9 Å². The van der Waals surface area contributed by atoms with Crippen molar-refractivity contribution in [1.82, 2.24) is 15.1 Å². The van der Waals surface area contributed by atoms with Crippen LogP contribution in [0.2, 0.25) is 0 Å². The molecular formula is C12H20BrN3. The van der Waals surface area contributed by atoms with Crippen molar-refractivity contribution in [3.8, 4) is 0 Å². The van der Waals surface area contributed by atoms with E-state index in [9.17, 15) is 0 Å². The summed E-state index contributed by atoms with van der Waals surface area (Å²) >= 11 is 3.60. The molecule has 1 heterocycles. The first kappa shape index (κ1) is 12.1. The van der Waals surface area contributed by atoms with Gasteiger partial charge in [-0.05, 0) is 61.6 Å². The van der Waals surface area contributed by atoms with Crippen LogP contribution in [0, 0.1) is 19.8 Å². The molecule has 2 rings (SSSR count). The van der Waals surface area contributed by atoms with Crippen LogP contribution in [-0.4, -0.2) is 22.9 Å². The van der Waals surface area contributed by atoms with Crippen molar-refractivity contribution in [2.75, 3.05) is 13.1 Å². The SMILES string of the molecule is CCNCC1CCC1n1nc(C)c(Br)c1C. The number of hydrogen-bond acceptors (Lipinski definition) is 2. The molecule has 90 valence electrons. The smallest absolute Gasteiger partial charge is 0.0738 e. The standard InChI is InChI=1S/C12H20BrN3/c1-4-14-7-10-5-6-11(10)16-9(3)12(13)8(2)15-16/h10-11,14H,4-7H2,1-3H3. The zero-order valence-electron chi connectivity index (χ0n) is 10.3. The molecule has 2 atom stereocenters. The van der Waals surface area contributed by atoms with Gasteiger partial charge in [0.15, 0.2) is 0 Å². The van der Waals surface area contributed by atoms with Crippen molar-refractivity contribution < 1.29 is 0 Å². The van der Waals surface area contributed by atoms with Crippen molar-refractivity contribution in [1.29, 1.82) is 0 Å². The van der Waals surface area contributed by atoms with Crippen LogP contribution < -0.4 is 5.32 Å². The second kappa shape index (κ2) is 4.88. The third-order valence-electron chi connectivity index (χ3n) is 3.58. The van der Waals surface area contributed by atoms with Gasteiger partial charge in [0.25, 0.3) is 0 Å². The van der Waals surface area contributed by atoms with Gasteiger partial charge in [-0.15, -0.1) is 0 Å². The Kier molecular flexibility index (Phi) is 3.70. The molecule has 1 saturated carbocycles. The molecular weight excluding hydrogens is 266 g/mol. The summed E-state index contributed by atoms with van der Waals surface area (Å²) in [5.74, 6) is 0.754. The summed E-state index contributed by atoms with van der Waals surface area (Å²) in [6.45, 7) is 8.55. The van der Waals surface area contributed by atoms with Gasteiger partial charge in [0.2, 0.25) is 0 Å². The molecule has 0 spiro atoms. The zero-order chi connectivity index (χ0) is 11.7. The van der Waals surface area contributed by atoms with E-state index in [-0.39, 0.29) is 0 Å². The molecule has 1 N–H and O–H groups in total. The van der Waals surface area contributed by atoms with Gasteiger partial charge >= 0.3 is 0 Å². The highest BCUT2D eigenvalue weighted by Crippen LogP contribution is 2.39. The number of halogens is 1. The van der Waals surface area contributed by atoms with E-state index in [0.29, 0.717) is 6.04 Å². The van der Waals surface area contributed by atoms with E-state index in [1.165, 1.54) is 23.0 Å². The van der Waals surface area contributed by atoms with Gasteiger partial charge in [0, 0.05) is 0 Å². The average Bonchev–Trinajstić information content (AvgIpc) is 2.46. The number of hydrogen-bond donors (Lipinski definition) is 1. The monoisotopic (exact) mass is 285 g/mol. The minimum Gasteiger partial charge on any atom is -0.317 e. The summed E-state index contributed by atoms with van der Waals surface area (Å²) in [5, 5.41) is 8.07. The van der Waals surface area contributed by atoms with Crippen LogP contribution in [0.5, 0.6) is 0 Å². The van der Waals surface area contributed by atoms with E-state index in [1.807, 2.05) is 0 Å².